The van der Waals surface area contributed by atoms with Gasteiger partial charge in [-0.25, -0.2) is 0 Å². The summed E-state index contributed by atoms with van der Waals surface area (Å²) in [4.78, 5) is 21.9. The molecule has 76 valence electrons. The molecule has 2 N–H and O–H groups in total. The number of carboxylic acids is 1. The lowest BCUT2D eigenvalue weighted by molar-refractivity contribution is -0.152. The highest BCUT2D eigenvalue weighted by atomic mass is 35.5. The van der Waals surface area contributed by atoms with Crippen molar-refractivity contribution in [3.8, 4) is 0 Å². The third-order valence-corrected chi connectivity index (χ3v) is 2.38. The number of hydrogen-bond donors (Lipinski definition) is 2. The van der Waals surface area contributed by atoms with Gasteiger partial charge in [0.25, 0.3) is 0 Å². The molecule has 4 nitrogen and oxygen atoms in total. The normalized spacial score (nSPS) is 31.1. The Hall–Kier alpha value is -1.13. The zero-order valence-electron chi connectivity index (χ0n) is 7.40. The zero-order chi connectivity index (χ0) is 10.9. The summed E-state index contributed by atoms with van der Waals surface area (Å²) in [6.45, 7) is 1.13. The predicted molar refractivity (Wildman–Crippen MR) is 49.8 cm³/mol. The van der Waals surface area contributed by atoms with Crippen LogP contribution < -0.4 is 0 Å². The van der Waals surface area contributed by atoms with Crippen LogP contribution in [0.1, 0.15) is 6.92 Å². The lowest BCUT2D eigenvalue weighted by atomic mass is 9.81. The molecular weight excluding hydrogens is 208 g/mol. The molecule has 0 saturated heterocycles. The van der Waals surface area contributed by atoms with E-state index in [1.54, 1.807) is 0 Å². The van der Waals surface area contributed by atoms with Gasteiger partial charge in [0.05, 0.1) is 0 Å². The van der Waals surface area contributed by atoms with E-state index in [0.29, 0.717) is 0 Å². The lowest BCUT2D eigenvalue weighted by Crippen LogP contribution is -2.46. The third kappa shape index (κ3) is 1.71. The van der Waals surface area contributed by atoms with E-state index in [4.69, 9.17) is 16.7 Å². The third-order valence-electron chi connectivity index (χ3n) is 2.13. The minimum absolute atomic E-state index is 0.198. The van der Waals surface area contributed by atoms with Crippen LogP contribution in [0.3, 0.4) is 0 Å². The van der Waals surface area contributed by atoms with Crippen molar-refractivity contribution in [1.29, 1.82) is 0 Å². The topological polar surface area (TPSA) is 74.6 Å². The van der Waals surface area contributed by atoms with Crippen molar-refractivity contribution in [2.75, 3.05) is 0 Å². The highest BCUT2D eigenvalue weighted by Crippen LogP contribution is 2.29. The number of aliphatic hydroxyl groups is 1. The highest BCUT2D eigenvalue weighted by Gasteiger charge is 2.44. The summed E-state index contributed by atoms with van der Waals surface area (Å²) < 4.78 is 0. The zero-order valence-corrected chi connectivity index (χ0v) is 8.15. The molecule has 1 aliphatic carbocycles. The molecular formula is C9H9ClO4. The molecule has 0 aliphatic heterocycles. The SMILES string of the molecule is CC(=O)C1(O)C=CC(Cl)=CC1C(=O)O. The van der Waals surface area contributed by atoms with Crippen molar-refractivity contribution in [3.05, 3.63) is 23.3 Å². The Morgan fingerprint density at radius 1 is 1.57 bits per heavy atom. The molecule has 5 heteroatoms. The van der Waals surface area contributed by atoms with E-state index >= 15 is 0 Å². The second-order valence-electron chi connectivity index (χ2n) is 3.08. The van der Waals surface area contributed by atoms with E-state index in [9.17, 15) is 14.7 Å². The molecule has 1 aliphatic rings. The number of rotatable bonds is 2. The molecule has 0 bridgehead atoms. The average molecular weight is 217 g/mol. The standard InChI is InChI=1S/C9H9ClO4/c1-5(11)9(14)3-2-6(10)4-7(9)8(12)13/h2-4,7,14H,1H3,(H,12,13). The lowest BCUT2D eigenvalue weighted by Gasteiger charge is -2.28. The summed E-state index contributed by atoms with van der Waals surface area (Å²) in [5, 5.41) is 18.8. The van der Waals surface area contributed by atoms with Crippen molar-refractivity contribution in [2.45, 2.75) is 12.5 Å². The van der Waals surface area contributed by atoms with Crippen LogP contribution in [0, 0.1) is 5.92 Å². The summed E-state index contributed by atoms with van der Waals surface area (Å²) in [5.41, 5.74) is -1.98. The summed E-state index contributed by atoms with van der Waals surface area (Å²) in [5.74, 6) is -3.23. The number of allylic oxidation sites excluding steroid dienone is 2. The number of carbonyl (C=O) groups is 2. The van der Waals surface area contributed by atoms with Gasteiger partial charge in [-0.15, -0.1) is 0 Å². The molecule has 0 spiro atoms. The average Bonchev–Trinajstić information content (AvgIpc) is 2.08. The first kappa shape index (κ1) is 10.9. The molecule has 0 saturated carbocycles. The van der Waals surface area contributed by atoms with E-state index in [1.165, 1.54) is 6.08 Å². The van der Waals surface area contributed by atoms with Crippen LogP contribution in [0.25, 0.3) is 0 Å². The molecule has 2 atom stereocenters. The Labute approximate surface area is 85.5 Å². The molecule has 0 aromatic carbocycles. The van der Waals surface area contributed by atoms with Gasteiger partial charge in [0.1, 0.15) is 5.92 Å². The maximum Gasteiger partial charge on any atom is 0.314 e. The van der Waals surface area contributed by atoms with Crippen LogP contribution in [0.4, 0.5) is 0 Å². The van der Waals surface area contributed by atoms with E-state index < -0.39 is 23.3 Å². The fourth-order valence-corrected chi connectivity index (χ4v) is 1.44. The van der Waals surface area contributed by atoms with Gasteiger partial charge in [-0.2, -0.15) is 0 Å². The van der Waals surface area contributed by atoms with Crippen LogP contribution in [0.5, 0.6) is 0 Å². The van der Waals surface area contributed by atoms with Crippen LogP contribution in [-0.4, -0.2) is 27.6 Å². The number of hydrogen-bond acceptors (Lipinski definition) is 3. The molecule has 0 fully saturated rings. The van der Waals surface area contributed by atoms with Crippen LogP contribution in [-0.2, 0) is 9.59 Å². The Morgan fingerprint density at radius 2 is 2.14 bits per heavy atom. The van der Waals surface area contributed by atoms with Crippen molar-refractivity contribution in [2.24, 2.45) is 5.92 Å². The van der Waals surface area contributed by atoms with E-state index in [1.807, 2.05) is 0 Å². The number of carboxylic acid groups (broad SMARTS) is 1. The fraction of sp³-hybridized carbons (Fsp3) is 0.333. The molecule has 2 unspecified atom stereocenters. The monoisotopic (exact) mass is 216 g/mol. The van der Waals surface area contributed by atoms with Gasteiger partial charge >= 0.3 is 5.97 Å². The van der Waals surface area contributed by atoms with Gasteiger partial charge in [-0.1, -0.05) is 11.6 Å². The number of carbonyl (C=O) groups excluding carboxylic acids is 1. The molecule has 0 aromatic heterocycles. The van der Waals surface area contributed by atoms with E-state index in [-0.39, 0.29) is 5.03 Å². The number of Topliss-reactive ketones (excluding diaryl/α,β-unsaturated/α-hetero) is 1. The van der Waals surface area contributed by atoms with Gasteiger partial charge in [-0.3, -0.25) is 9.59 Å². The quantitative estimate of drug-likeness (QED) is 0.713. The molecule has 0 heterocycles. The van der Waals surface area contributed by atoms with Gasteiger partial charge in [0, 0.05) is 5.03 Å². The van der Waals surface area contributed by atoms with Crippen molar-refractivity contribution in [3.63, 3.8) is 0 Å². The number of aliphatic carboxylic acids is 1. The molecule has 0 aromatic rings. The van der Waals surface area contributed by atoms with Gasteiger partial charge in [-0.05, 0) is 25.2 Å². The Bertz CT molecular complexity index is 345. The van der Waals surface area contributed by atoms with E-state index in [0.717, 1.165) is 19.1 Å². The van der Waals surface area contributed by atoms with Crippen molar-refractivity contribution < 1.29 is 19.8 Å². The first-order valence-corrected chi connectivity index (χ1v) is 4.28. The molecule has 0 amide bonds. The summed E-state index contributed by atoms with van der Waals surface area (Å²) in [6, 6.07) is 0. The smallest absolute Gasteiger partial charge is 0.314 e. The predicted octanol–water partition coefficient (Wildman–Crippen LogP) is 0.700. The maximum absolute atomic E-state index is 11.1. The van der Waals surface area contributed by atoms with E-state index in [2.05, 4.69) is 0 Å². The maximum atomic E-state index is 11.1. The van der Waals surface area contributed by atoms with Crippen LogP contribution in [0.2, 0.25) is 0 Å². The second-order valence-corrected chi connectivity index (χ2v) is 3.52. The van der Waals surface area contributed by atoms with Crippen molar-refractivity contribution >= 4 is 23.4 Å². The van der Waals surface area contributed by atoms with Gasteiger partial charge in [0.2, 0.25) is 0 Å². The second kappa shape index (κ2) is 3.55. The number of halogens is 1. The fourth-order valence-electron chi connectivity index (χ4n) is 1.25. The minimum Gasteiger partial charge on any atom is -0.481 e. The first-order chi connectivity index (χ1) is 6.38. The number of ketones is 1. The van der Waals surface area contributed by atoms with Gasteiger partial charge < -0.3 is 10.2 Å². The summed E-state index contributed by atoms with van der Waals surface area (Å²) >= 11 is 5.58. The Kier molecular flexibility index (Phi) is 2.78. The highest BCUT2D eigenvalue weighted by molar-refractivity contribution is 6.31. The summed E-state index contributed by atoms with van der Waals surface area (Å²) in [7, 11) is 0. The Morgan fingerprint density at radius 3 is 2.57 bits per heavy atom. The minimum atomic E-state index is -1.98. The molecule has 14 heavy (non-hydrogen) atoms. The molecule has 1 rings (SSSR count). The van der Waals surface area contributed by atoms with Crippen LogP contribution in [0.15, 0.2) is 23.3 Å². The Balaban J connectivity index is 3.15. The first-order valence-electron chi connectivity index (χ1n) is 3.90. The largest absolute Gasteiger partial charge is 0.481 e. The summed E-state index contributed by atoms with van der Waals surface area (Å²) in [6.07, 6.45) is 3.56. The van der Waals surface area contributed by atoms with Crippen LogP contribution >= 0.6 is 11.6 Å². The molecule has 0 radical (unpaired) electrons. The van der Waals surface area contributed by atoms with Crippen molar-refractivity contribution in [1.82, 2.24) is 0 Å². The van der Waals surface area contributed by atoms with Gasteiger partial charge in [0.15, 0.2) is 11.4 Å².